The van der Waals surface area contributed by atoms with Gasteiger partial charge in [0.2, 0.25) is 0 Å². The molecule has 0 fully saturated rings. The van der Waals surface area contributed by atoms with Crippen molar-refractivity contribution in [3.63, 3.8) is 0 Å². The first-order chi connectivity index (χ1) is 12.7. The van der Waals surface area contributed by atoms with E-state index >= 15 is 0 Å². The normalized spacial score (nSPS) is 17.2. The molecule has 2 atom stereocenters. The van der Waals surface area contributed by atoms with E-state index < -0.39 is 76.3 Å². The van der Waals surface area contributed by atoms with Crippen LogP contribution in [0.25, 0.3) is 0 Å². The van der Waals surface area contributed by atoms with Gasteiger partial charge >= 0.3 is 168 Å². The molecule has 0 aromatic carbocycles. The Morgan fingerprint density at radius 1 is 0.586 bits per heavy atom. The maximum absolute atomic E-state index is 14.9. The van der Waals surface area contributed by atoms with Gasteiger partial charge in [-0.15, -0.1) is 0 Å². The Morgan fingerprint density at radius 2 is 0.828 bits per heavy atom. The first-order valence-electron chi connectivity index (χ1n) is 8.79. The van der Waals surface area contributed by atoms with Crippen LogP contribution in [0.15, 0.2) is 0 Å². The molecule has 176 valence electrons. The molecular weight excluding hydrogens is 533 g/mol. The third kappa shape index (κ3) is 5.27. The summed E-state index contributed by atoms with van der Waals surface area (Å²) in [6.45, 7) is 2.78. The summed E-state index contributed by atoms with van der Waals surface area (Å²) in [6, 6.07) is 0. The van der Waals surface area contributed by atoms with Gasteiger partial charge in [0.05, 0.1) is 0 Å². The van der Waals surface area contributed by atoms with E-state index in [1.807, 2.05) is 0 Å². The Morgan fingerprint density at radius 3 is 1.00 bits per heavy atom. The summed E-state index contributed by atoms with van der Waals surface area (Å²) in [6.07, 6.45) is -7.41. The van der Waals surface area contributed by atoms with Crippen LogP contribution < -0.4 is 0 Å². The summed E-state index contributed by atoms with van der Waals surface area (Å²) < 4.78 is 139. The zero-order valence-electron chi connectivity index (χ0n) is 16.8. The van der Waals surface area contributed by atoms with Crippen molar-refractivity contribution in [1.82, 2.24) is 0 Å². The summed E-state index contributed by atoms with van der Waals surface area (Å²) in [4.78, 5) is 0. The zero-order valence-corrected chi connectivity index (χ0v) is 19.7. The minimum atomic E-state index is -8.47. The SMILES string of the molecule is CC(C)C[O][Sn]([O]CC(C)C)([C](F)(F)C(F)(F)C(C)F)[C](F)(F)C(F)(F)C(C)F. The molecule has 0 aromatic rings. The molecule has 0 saturated heterocycles. The van der Waals surface area contributed by atoms with Gasteiger partial charge < -0.3 is 0 Å². The van der Waals surface area contributed by atoms with E-state index in [9.17, 15) is 43.9 Å². The first-order valence-corrected chi connectivity index (χ1v) is 14.0. The molecule has 29 heavy (non-hydrogen) atoms. The van der Waals surface area contributed by atoms with Gasteiger partial charge in [0.25, 0.3) is 0 Å². The average Bonchev–Trinajstić information content (AvgIpc) is 2.53. The van der Waals surface area contributed by atoms with Crippen molar-refractivity contribution in [2.24, 2.45) is 11.8 Å². The monoisotopic (exact) mass is 560 g/mol. The molecule has 0 amide bonds. The first kappa shape index (κ1) is 29.0. The summed E-state index contributed by atoms with van der Waals surface area (Å²) in [5, 5.41) is 0. The molecule has 0 bridgehead atoms. The molecule has 0 aliphatic rings. The van der Waals surface area contributed by atoms with Gasteiger partial charge in [-0.3, -0.25) is 0 Å². The van der Waals surface area contributed by atoms with Crippen molar-refractivity contribution in [2.45, 2.75) is 73.6 Å². The predicted molar refractivity (Wildman–Crippen MR) is 88.3 cm³/mol. The van der Waals surface area contributed by atoms with Gasteiger partial charge in [0.1, 0.15) is 0 Å². The number of halogens is 10. The summed E-state index contributed by atoms with van der Waals surface area (Å²) in [5.41, 5.74) is 0. The molecular formula is C16H26F10O2Sn. The van der Waals surface area contributed by atoms with Crippen LogP contribution in [0.1, 0.15) is 41.5 Å². The molecule has 2 unspecified atom stereocenters. The van der Waals surface area contributed by atoms with E-state index in [0.717, 1.165) is 0 Å². The van der Waals surface area contributed by atoms with E-state index in [-0.39, 0.29) is 13.8 Å². The Kier molecular flexibility index (Phi) is 9.66. The van der Waals surface area contributed by atoms with Gasteiger partial charge in [-0.2, -0.15) is 0 Å². The average molecular weight is 559 g/mol. The fourth-order valence-corrected chi connectivity index (χ4v) is 12.4. The Labute approximate surface area is 168 Å². The molecule has 13 heteroatoms. The molecule has 0 spiro atoms. The second-order valence-corrected chi connectivity index (χ2v) is 16.4. The van der Waals surface area contributed by atoms with Crippen molar-refractivity contribution >= 4 is 19.2 Å². The molecule has 0 radical (unpaired) electrons. The van der Waals surface area contributed by atoms with Gasteiger partial charge in [-0.25, -0.2) is 0 Å². The number of hydrogen-bond acceptors (Lipinski definition) is 2. The van der Waals surface area contributed by atoms with E-state index in [0.29, 0.717) is 0 Å². The van der Waals surface area contributed by atoms with Crippen molar-refractivity contribution in [2.75, 3.05) is 13.2 Å². The molecule has 0 heterocycles. The van der Waals surface area contributed by atoms with E-state index in [1.54, 1.807) is 0 Å². The number of rotatable bonds is 12. The standard InChI is InChI=1S/2C4H4F5.2C4H9O.Sn/c2*1-2(5)4(8,9)3(6)7;2*1-4(2)3-5;/h2*2H,1H3;2*4H,3H2,1-2H3;/q;;2*-1;+2. The topological polar surface area (TPSA) is 18.5 Å². The van der Waals surface area contributed by atoms with Crippen molar-refractivity contribution in [1.29, 1.82) is 0 Å². The van der Waals surface area contributed by atoms with Crippen LogP contribution >= 0.6 is 0 Å². The second kappa shape index (κ2) is 9.66. The van der Waals surface area contributed by atoms with Crippen LogP contribution in [0.3, 0.4) is 0 Å². The van der Waals surface area contributed by atoms with E-state index in [2.05, 4.69) is 6.15 Å². The van der Waals surface area contributed by atoms with Crippen molar-refractivity contribution < 1.29 is 50.1 Å². The van der Waals surface area contributed by atoms with Crippen LogP contribution in [0.5, 0.6) is 0 Å². The van der Waals surface area contributed by atoms with Gasteiger partial charge in [0.15, 0.2) is 0 Å². The van der Waals surface area contributed by atoms with E-state index in [1.165, 1.54) is 27.7 Å². The molecule has 0 aliphatic carbocycles. The van der Waals surface area contributed by atoms with E-state index in [4.69, 9.17) is 0 Å². The van der Waals surface area contributed by atoms with Crippen LogP contribution in [0.2, 0.25) is 0 Å². The van der Waals surface area contributed by atoms with Gasteiger partial charge in [-0.05, 0) is 0 Å². The van der Waals surface area contributed by atoms with Crippen LogP contribution in [-0.2, 0) is 6.15 Å². The Balaban J connectivity index is 7.02. The molecule has 0 N–H and O–H groups in total. The summed E-state index contributed by atoms with van der Waals surface area (Å²) in [5.74, 6) is -13.3. The van der Waals surface area contributed by atoms with Crippen LogP contribution in [-0.4, -0.2) is 64.5 Å². The van der Waals surface area contributed by atoms with Crippen molar-refractivity contribution in [3.05, 3.63) is 0 Å². The number of alkyl halides is 10. The Bertz CT molecular complexity index is 478. The van der Waals surface area contributed by atoms with Crippen LogP contribution in [0, 0.1) is 11.8 Å². The second-order valence-electron chi connectivity index (χ2n) is 7.65. The molecule has 0 aliphatic heterocycles. The minimum absolute atomic E-state index is 0.0382. The third-order valence-electron chi connectivity index (χ3n) is 3.90. The summed E-state index contributed by atoms with van der Waals surface area (Å²) >= 11 is -8.47. The van der Waals surface area contributed by atoms with Crippen LogP contribution in [0.4, 0.5) is 43.9 Å². The Hall–Kier alpha value is 0.0187. The predicted octanol–water partition coefficient (Wildman–Crippen LogP) is 6.11. The maximum atomic E-state index is 14.9. The molecule has 0 rings (SSSR count). The quantitative estimate of drug-likeness (QED) is 0.213. The zero-order chi connectivity index (χ0) is 23.6. The number of hydrogen-bond donors (Lipinski definition) is 0. The molecule has 0 aromatic heterocycles. The third-order valence-corrected chi connectivity index (χ3v) is 13.8. The fraction of sp³-hybridized carbons (Fsp3) is 1.00. The summed E-state index contributed by atoms with van der Waals surface area (Å²) in [7, 11) is 0. The van der Waals surface area contributed by atoms with Gasteiger partial charge in [-0.1, -0.05) is 0 Å². The molecule has 2 nitrogen and oxygen atoms in total. The molecule has 0 saturated carbocycles. The van der Waals surface area contributed by atoms with Gasteiger partial charge in [0, 0.05) is 0 Å². The van der Waals surface area contributed by atoms with Crippen molar-refractivity contribution in [3.8, 4) is 0 Å². The fourth-order valence-electron chi connectivity index (χ4n) is 2.11.